The van der Waals surface area contributed by atoms with Crippen LogP contribution in [0.1, 0.15) is 19.8 Å². The van der Waals surface area contributed by atoms with Crippen LogP contribution in [0.5, 0.6) is 0 Å². The summed E-state index contributed by atoms with van der Waals surface area (Å²) in [7, 11) is 0. The number of cyclic esters (lactones) is 2. The summed E-state index contributed by atoms with van der Waals surface area (Å²) in [6.45, 7) is 3.14. The molecule has 2 aliphatic rings. The highest BCUT2D eigenvalue weighted by Crippen LogP contribution is 2.20. The van der Waals surface area contributed by atoms with Crippen LogP contribution in [0.25, 0.3) is 0 Å². The van der Waals surface area contributed by atoms with E-state index < -0.39 is 11.9 Å². The summed E-state index contributed by atoms with van der Waals surface area (Å²) in [5.41, 5.74) is 0. The molecule has 2 fully saturated rings. The zero-order valence-electron chi connectivity index (χ0n) is 8.77. The summed E-state index contributed by atoms with van der Waals surface area (Å²) < 4.78 is 10.0. The average Bonchev–Trinajstić information content (AvgIpc) is 2.67. The predicted molar refractivity (Wildman–Crippen MR) is 51.1 cm³/mol. The van der Waals surface area contributed by atoms with Crippen LogP contribution in [0.4, 0.5) is 0 Å². The molecule has 2 rings (SSSR count). The zero-order chi connectivity index (χ0) is 10.8. The monoisotopic (exact) mass is 213 g/mol. The molecule has 2 saturated heterocycles. The lowest BCUT2D eigenvalue weighted by Gasteiger charge is -2.32. The summed E-state index contributed by atoms with van der Waals surface area (Å²) >= 11 is 0. The second-order valence-corrected chi connectivity index (χ2v) is 4.04. The molecule has 0 amide bonds. The average molecular weight is 213 g/mol. The lowest BCUT2D eigenvalue weighted by atomic mass is 10.1. The number of nitrogens with zero attached hydrogens (tertiary/aromatic N) is 1. The minimum atomic E-state index is -0.462. The van der Waals surface area contributed by atoms with Crippen molar-refractivity contribution in [3.8, 4) is 0 Å². The van der Waals surface area contributed by atoms with E-state index in [1.807, 2.05) is 11.8 Å². The molecule has 84 valence electrons. The Hall–Kier alpha value is -0.940. The maximum Gasteiger partial charge on any atom is 0.327 e. The topological polar surface area (TPSA) is 55.8 Å². The van der Waals surface area contributed by atoms with Gasteiger partial charge in [0.1, 0.15) is 0 Å². The van der Waals surface area contributed by atoms with E-state index in [4.69, 9.17) is 4.74 Å². The van der Waals surface area contributed by atoms with Gasteiger partial charge in [-0.15, -0.1) is 0 Å². The number of carbonyl (C=O) groups excluding carboxylic acids is 2. The third-order valence-electron chi connectivity index (χ3n) is 2.97. The van der Waals surface area contributed by atoms with E-state index in [1.165, 1.54) is 0 Å². The van der Waals surface area contributed by atoms with Crippen molar-refractivity contribution < 1.29 is 19.1 Å². The molecule has 0 saturated carbocycles. The molecular formula is C10H15NO4. The van der Waals surface area contributed by atoms with Gasteiger partial charge in [0.15, 0.2) is 0 Å². The van der Waals surface area contributed by atoms with E-state index in [-0.39, 0.29) is 25.2 Å². The highest BCUT2D eigenvalue weighted by Gasteiger charge is 2.33. The Morgan fingerprint density at radius 3 is 2.53 bits per heavy atom. The van der Waals surface area contributed by atoms with Crippen molar-refractivity contribution in [1.82, 2.24) is 4.90 Å². The highest BCUT2D eigenvalue weighted by atomic mass is 16.6. The van der Waals surface area contributed by atoms with Gasteiger partial charge in [0, 0.05) is 12.6 Å². The second kappa shape index (κ2) is 4.28. The Kier molecular flexibility index (Phi) is 3.02. The van der Waals surface area contributed by atoms with E-state index in [1.54, 1.807) is 0 Å². The normalized spacial score (nSPS) is 30.3. The van der Waals surface area contributed by atoms with E-state index in [9.17, 15) is 9.59 Å². The molecular weight excluding hydrogens is 198 g/mol. The molecule has 2 aliphatic heterocycles. The van der Waals surface area contributed by atoms with E-state index in [2.05, 4.69) is 4.74 Å². The molecule has 0 aromatic rings. The maximum absolute atomic E-state index is 11.1. The maximum atomic E-state index is 11.1. The molecule has 2 heterocycles. The minimum Gasteiger partial charge on any atom is -0.391 e. The Bertz CT molecular complexity index is 257. The molecule has 0 aromatic carbocycles. The fourth-order valence-corrected chi connectivity index (χ4v) is 2.09. The van der Waals surface area contributed by atoms with Gasteiger partial charge < -0.3 is 9.47 Å². The first-order valence-corrected chi connectivity index (χ1v) is 5.26. The van der Waals surface area contributed by atoms with Crippen molar-refractivity contribution in [2.24, 2.45) is 0 Å². The smallest absolute Gasteiger partial charge is 0.327 e. The quantitative estimate of drug-likeness (QED) is 0.475. The third-order valence-corrected chi connectivity index (χ3v) is 2.97. The van der Waals surface area contributed by atoms with E-state index in [0.717, 1.165) is 19.4 Å². The second-order valence-electron chi connectivity index (χ2n) is 4.04. The van der Waals surface area contributed by atoms with Crippen LogP contribution < -0.4 is 0 Å². The number of hydrogen-bond donors (Lipinski definition) is 0. The zero-order valence-corrected chi connectivity index (χ0v) is 8.77. The van der Waals surface area contributed by atoms with Gasteiger partial charge in [-0.25, -0.2) is 0 Å². The van der Waals surface area contributed by atoms with Gasteiger partial charge in [0.2, 0.25) is 0 Å². The van der Waals surface area contributed by atoms with E-state index in [0.29, 0.717) is 0 Å². The Morgan fingerprint density at radius 1 is 1.33 bits per heavy atom. The summed E-state index contributed by atoms with van der Waals surface area (Å²) in [6.07, 6.45) is 2.20. The molecule has 0 bridgehead atoms. The van der Waals surface area contributed by atoms with Gasteiger partial charge in [-0.05, 0) is 19.8 Å². The first-order valence-electron chi connectivity index (χ1n) is 5.26. The molecule has 2 atom stereocenters. The standard InChI is InChI=1S/C10H15NO4/c1-7(8-3-2-4-14-8)11-5-9(12)15-10(13)6-11/h7-8H,2-6H2,1H3. The van der Waals surface area contributed by atoms with Gasteiger partial charge in [-0.3, -0.25) is 14.5 Å². The van der Waals surface area contributed by atoms with Crippen LogP contribution in [-0.2, 0) is 19.1 Å². The Labute approximate surface area is 88.3 Å². The van der Waals surface area contributed by atoms with Gasteiger partial charge in [0.05, 0.1) is 19.2 Å². The van der Waals surface area contributed by atoms with Gasteiger partial charge in [0.25, 0.3) is 0 Å². The van der Waals surface area contributed by atoms with Crippen molar-refractivity contribution in [1.29, 1.82) is 0 Å². The minimum absolute atomic E-state index is 0.101. The molecule has 0 radical (unpaired) electrons. The highest BCUT2D eigenvalue weighted by molar-refractivity contribution is 5.90. The van der Waals surface area contributed by atoms with Crippen molar-refractivity contribution in [3.05, 3.63) is 0 Å². The molecule has 15 heavy (non-hydrogen) atoms. The molecule has 2 unspecified atom stereocenters. The number of carbonyl (C=O) groups is 2. The fraction of sp³-hybridized carbons (Fsp3) is 0.800. The molecule has 0 N–H and O–H groups in total. The number of hydrogen-bond acceptors (Lipinski definition) is 5. The van der Waals surface area contributed by atoms with Gasteiger partial charge in [-0.2, -0.15) is 0 Å². The third kappa shape index (κ3) is 2.35. The van der Waals surface area contributed by atoms with Crippen LogP contribution in [0.2, 0.25) is 0 Å². The Morgan fingerprint density at radius 2 is 2.00 bits per heavy atom. The van der Waals surface area contributed by atoms with Gasteiger partial charge in [-0.1, -0.05) is 0 Å². The SMILES string of the molecule is CC(C1CCCO1)N1CC(=O)OC(=O)C1. The number of rotatable bonds is 2. The van der Waals surface area contributed by atoms with Crippen molar-refractivity contribution in [2.75, 3.05) is 19.7 Å². The lowest BCUT2D eigenvalue weighted by Crippen LogP contribution is -2.50. The number of ether oxygens (including phenoxy) is 2. The van der Waals surface area contributed by atoms with Crippen LogP contribution in [0, 0.1) is 0 Å². The lowest BCUT2D eigenvalue weighted by molar-refractivity contribution is -0.169. The molecule has 5 heteroatoms. The molecule has 0 spiro atoms. The van der Waals surface area contributed by atoms with Gasteiger partial charge >= 0.3 is 11.9 Å². The van der Waals surface area contributed by atoms with Crippen molar-refractivity contribution in [3.63, 3.8) is 0 Å². The first kappa shape index (κ1) is 10.6. The summed E-state index contributed by atoms with van der Waals surface area (Å²) in [4.78, 5) is 24.0. The molecule has 0 aliphatic carbocycles. The summed E-state index contributed by atoms with van der Waals surface area (Å²) in [5, 5.41) is 0. The Balaban J connectivity index is 1.96. The van der Waals surface area contributed by atoms with Crippen LogP contribution >= 0.6 is 0 Å². The first-order chi connectivity index (χ1) is 7.16. The fourth-order valence-electron chi connectivity index (χ4n) is 2.09. The number of esters is 2. The van der Waals surface area contributed by atoms with Crippen molar-refractivity contribution >= 4 is 11.9 Å². The molecule has 5 nitrogen and oxygen atoms in total. The van der Waals surface area contributed by atoms with E-state index >= 15 is 0 Å². The molecule has 0 aromatic heterocycles. The summed E-state index contributed by atoms with van der Waals surface area (Å²) in [6, 6.07) is 0.101. The van der Waals surface area contributed by atoms with Crippen LogP contribution in [-0.4, -0.2) is 48.7 Å². The largest absolute Gasteiger partial charge is 0.391 e. The van der Waals surface area contributed by atoms with Crippen LogP contribution in [0.15, 0.2) is 0 Å². The van der Waals surface area contributed by atoms with Crippen LogP contribution in [0.3, 0.4) is 0 Å². The summed E-state index contributed by atoms with van der Waals surface area (Å²) in [5.74, 6) is -0.924. The van der Waals surface area contributed by atoms with Crippen molar-refractivity contribution in [2.45, 2.75) is 31.9 Å². The number of morpholine rings is 1. The predicted octanol–water partition coefficient (Wildman–Crippen LogP) is -0.0607.